The molecule has 0 atom stereocenters. The summed E-state index contributed by atoms with van der Waals surface area (Å²) >= 11 is 1.55. The molecular weight excluding hydrogens is 414 g/mol. The van der Waals surface area contributed by atoms with E-state index in [-0.39, 0.29) is 30.3 Å². The van der Waals surface area contributed by atoms with E-state index in [4.69, 9.17) is 4.74 Å². The van der Waals surface area contributed by atoms with Gasteiger partial charge in [-0.25, -0.2) is 4.79 Å². The van der Waals surface area contributed by atoms with Crippen LogP contribution in [0, 0.1) is 6.92 Å². The number of ether oxygens (including phenoxy) is 1. The minimum Gasteiger partial charge on any atom is -0.461 e. The number of nitrogens with zero attached hydrogens (tertiary/aromatic N) is 2. The maximum Gasteiger partial charge on any atom is 0.360 e. The highest BCUT2D eigenvalue weighted by Crippen LogP contribution is 2.19. The first kappa shape index (κ1) is 22.3. The third kappa shape index (κ3) is 6.05. The van der Waals surface area contributed by atoms with Crippen molar-refractivity contribution in [3.63, 3.8) is 0 Å². The molecule has 0 aliphatic rings. The van der Waals surface area contributed by atoms with Gasteiger partial charge in [-0.1, -0.05) is 35.9 Å². The second-order valence-electron chi connectivity index (χ2n) is 6.67. The summed E-state index contributed by atoms with van der Waals surface area (Å²) in [6, 6.07) is 18.1. The zero-order valence-corrected chi connectivity index (χ0v) is 18.1. The van der Waals surface area contributed by atoms with Gasteiger partial charge in [0.1, 0.15) is 0 Å². The molecule has 1 amide bonds. The Morgan fingerprint density at radius 3 is 2.48 bits per heavy atom. The summed E-state index contributed by atoms with van der Waals surface area (Å²) in [5.41, 5.74) is 0.997. The summed E-state index contributed by atoms with van der Waals surface area (Å²) in [5, 5.41) is 6.82. The zero-order chi connectivity index (χ0) is 22.2. The van der Waals surface area contributed by atoms with Gasteiger partial charge in [-0.05, 0) is 38.1 Å². The Bertz CT molecular complexity index is 1110. The first-order valence-corrected chi connectivity index (χ1v) is 10.8. The number of carbonyl (C=O) groups is 2. The predicted octanol–water partition coefficient (Wildman–Crippen LogP) is 3.84. The minimum atomic E-state index is -0.711. The quantitative estimate of drug-likeness (QED) is 0.425. The fraction of sp³-hybridized carbons (Fsp3) is 0.217. The molecule has 31 heavy (non-hydrogen) atoms. The highest BCUT2D eigenvalue weighted by molar-refractivity contribution is 7.99. The van der Waals surface area contributed by atoms with Crippen LogP contribution in [0.4, 0.5) is 5.69 Å². The number of anilines is 1. The Morgan fingerprint density at radius 2 is 1.81 bits per heavy atom. The SMILES string of the molecule is CCOC(=O)c1nn(-c2ccc(C)cc2)c(=O)cc1NC(=O)CCSc1ccccc1. The number of nitrogens with one attached hydrogen (secondary N) is 1. The van der Waals surface area contributed by atoms with Crippen molar-refractivity contribution < 1.29 is 14.3 Å². The van der Waals surface area contributed by atoms with Crippen LogP contribution < -0.4 is 10.9 Å². The number of esters is 1. The first-order valence-electron chi connectivity index (χ1n) is 9.84. The molecule has 0 fully saturated rings. The number of aromatic nitrogens is 2. The third-order valence-electron chi connectivity index (χ3n) is 4.29. The smallest absolute Gasteiger partial charge is 0.360 e. The summed E-state index contributed by atoms with van der Waals surface area (Å²) in [5.74, 6) is -0.473. The van der Waals surface area contributed by atoms with Crippen molar-refractivity contribution in [3.05, 3.63) is 82.3 Å². The number of thioether (sulfide) groups is 1. The highest BCUT2D eigenvalue weighted by Gasteiger charge is 2.20. The number of hydrogen-bond acceptors (Lipinski definition) is 6. The number of rotatable bonds is 8. The second-order valence-corrected chi connectivity index (χ2v) is 7.84. The molecule has 3 rings (SSSR count). The second kappa shape index (κ2) is 10.6. The topological polar surface area (TPSA) is 90.3 Å². The van der Waals surface area contributed by atoms with Crippen molar-refractivity contribution in [1.82, 2.24) is 9.78 Å². The van der Waals surface area contributed by atoms with Gasteiger partial charge in [-0.3, -0.25) is 9.59 Å². The van der Waals surface area contributed by atoms with Crippen LogP contribution in [0.15, 0.2) is 70.4 Å². The van der Waals surface area contributed by atoms with E-state index in [2.05, 4.69) is 10.4 Å². The Kier molecular flexibility index (Phi) is 7.61. The van der Waals surface area contributed by atoms with E-state index in [1.165, 1.54) is 6.07 Å². The molecule has 8 heteroatoms. The molecule has 0 spiro atoms. The van der Waals surface area contributed by atoms with E-state index in [0.29, 0.717) is 11.4 Å². The predicted molar refractivity (Wildman–Crippen MR) is 121 cm³/mol. The van der Waals surface area contributed by atoms with Gasteiger partial charge in [0, 0.05) is 23.1 Å². The molecule has 160 valence electrons. The van der Waals surface area contributed by atoms with E-state index in [0.717, 1.165) is 15.1 Å². The molecule has 1 aromatic heterocycles. The largest absolute Gasteiger partial charge is 0.461 e. The fourth-order valence-corrected chi connectivity index (χ4v) is 3.64. The number of benzene rings is 2. The van der Waals surface area contributed by atoms with Crippen LogP contribution in [-0.2, 0) is 9.53 Å². The average molecular weight is 438 g/mol. The molecule has 1 heterocycles. The summed E-state index contributed by atoms with van der Waals surface area (Å²) in [7, 11) is 0. The average Bonchev–Trinajstić information content (AvgIpc) is 2.75. The molecule has 0 saturated carbocycles. The van der Waals surface area contributed by atoms with Crippen LogP contribution in [0.3, 0.4) is 0 Å². The Balaban J connectivity index is 1.80. The molecule has 1 N–H and O–H groups in total. The summed E-state index contributed by atoms with van der Waals surface area (Å²) in [4.78, 5) is 38.6. The molecule has 0 bridgehead atoms. The van der Waals surface area contributed by atoms with Crippen molar-refractivity contribution in [1.29, 1.82) is 0 Å². The van der Waals surface area contributed by atoms with Gasteiger partial charge in [0.05, 0.1) is 18.0 Å². The molecule has 7 nitrogen and oxygen atoms in total. The summed E-state index contributed by atoms with van der Waals surface area (Å²) in [6.07, 6.45) is 0.211. The lowest BCUT2D eigenvalue weighted by Crippen LogP contribution is -2.27. The Labute approximate surface area is 184 Å². The van der Waals surface area contributed by atoms with Gasteiger partial charge in [0.2, 0.25) is 5.91 Å². The monoisotopic (exact) mass is 437 g/mol. The number of carbonyl (C=O) groups excluding carboxylic acids is 2. The Morgan fingerprint density at radius 1 is 1.10 bits per heavy atom. The van der Waals surface area contributed by atoms with Gasteiger partial charge in [-0.2, -0.15) is 9.78 Å². The van der Waals surface area contributed by atoms with E-state index in [1.54, 1.807) is 30.8 Å². The lowest BCUT2D eigenvalue weighted by Gasteiger charge is -2.12. The number of hydrogen-bond donors (Lipinski definition) is 1. The summed E-state index contributed by atoms with van der Waals surface area (Å²) < 4.78 is 6.18. The van der Waals surface area contributed by atoms with Crippen molar-refractivity contribution in [2.45, 2.75) is 25.2 Å². The van der Waals surface area contributed by atoms with E-state index in [9.17, 15) is 14.4 Å². The van der Waals surface area contributed by atoms with Crippen LogP contribution in [0.2, 0.25) is 0 Å². The highest BCUT2D eigenvalue weighted by atomic mass is 32.2. The zero-order valence-electron chi connectivity index (χ0n) is 17.3. The van der Waals surface area contributed by atoms with Gasteiger partial charge in [-0.15, -0.1) is 11.8 Å². The molecule has 0 radical (unpaired) electrons. The first-order chi connectivity index (χ1) is 15.0. The lowest BCUT2D eigenvalue weighted by molar-refractivity contribution is -0.115. The van der Waals surface area contributed by atoms with Gasteiger partial charge in [0.25, 0.3) is 5.56 Å². The normalized spacial score (nSPS) is 10.5. The van der Waals surface area contributed by atoms with Gasteiger partial charge >= 0.3 is 5.97 Å². The van der Waals surface area contributed by atoms with Crippen LogP contribution in [0.25, 0.3) is 5.69 Å². The molecule has 3 aromatic rings. The van der Waals surface area contributed by atoms with E-state index < -0.39 is 11.5 Å². The van der Waals surface area contributed by atoms with Crippen molar-refractivity contribution in [3.8, 4) is 5.69 Å². The third-order valence-corrected chi connectivity index (χ3v) is 5.31. The minimum absolute atomic E-state index is 0.0431. The van der Waals surface area contributed by atoms with Crippen LogP contribution in [0.1, 0.15) is 29.4 Å². The van der Waals surface area contributed by atoms with Crippen molar-refractivity contribution >= 4 is 29.3 Å². The molecule has 0 aliphatic heterocycles. The molecular formula is C23H23N3O4S. The van der Waals surface area contributed by atoms with Crippen LogP contribution in [-0.4, -0.2) is 34.0 Å². The number of aryl methyl sites for hydroxylation is 1. The molecule has 0 aliphatic carbocycles. The van der Waals surface area contributed by atoms with E-state index in [1.807, 2.05) is 49.4 Å². The van der Waals surface area contributed by atoms with Gasteiger partial charge < -0.3 is 10.1 Å². The van der Waals surface area contributed by atoms with Crippen molar-refractivity contribution in [2.75, 3.05) is 17.7 Å². The fourth-order valence-electron chi connectivity index (χ4n) is 2.76. The summed E-state index contributed by atoms with van der Waals surface area (Å²) in [6.45, 7) is 3.75. The van der Waals surface area contributed by atoms with E-state index >= 15 is 0 Å². The maximum absolute atomic E-state index is 12.6. The molecule has 2 aromatic carbocycles. The van der Waals surface area contributed by atoms with Crippen LogP contribution >= 0.6 is 11.8 Å². The van der Waals surface area contributed by atoms with Crippen molar-refractivity contribution in [2.24, 2.45) is 0 Å². The van der Waals surface area contributed by atoms with Crippen LogP contribution in [0.5, 0.6) is 0 Å². The van der Waals surface area contributed by atoms with Gasteiger partial charge in [0.15, 0.2) is 5.69 Å². The number of amides is 1. The standard InChI is InChI=1S/C23H23N3O4S/c1-3-30-23(29)22-19(24-20(27)13-14-31-18-7-5-4-6-8-18)15-21(28)26(25-22)17-11-9-16(2)10-12-17/h4-12,15H,3,13-14H2,1-2H3,(H,24,27). The Hall–Kier alpha value is -3.39. The molecule has 0 saturated heterocycles. The lowest BCUT2D eigenvalue weighted by atomic mass is 10.2. The maximum atomic E-state index is 12.6. The molecule has 0 unspecified atom stereocenters.